The Bertz CT molecular complexity index is 1080. The molecule has 11 nitrogen and oxygen atoms in total. The largest absolute Gasteiger partial charge is 0.379 e. The smallest absolute Gasteiger partial charge is 0.291 e. The van der Waals surface area contributed by atoms with E-state index in [4.69, 9.17) is 4.74 Å². The van der Waals surface area contributed by atoms with Crippen LogP contribution in [0.15, 0.2) is 33.5 Å². The summed E-state index contributed by atoms with van der Waals surface area (Å²) < 4.78 is 58.6. The topological polar surface area (TPSA) is 148 Å². The molecule has 2 heterocycles. The number of carbonyl (C=O) groups excluding carboxylic acids is 1. The molecule has 2 N–H and O–H groups in total. The van der Waals surface area contributed by atoms with Crippen molar-refractivity contribution in [3.05, 3.63) is 24.3 Å². The lowest BCUT2D eigenvalue weighted by molar-refractivity contribution is -0.115. The third-order valence-electron chi connectivity index (χ3n) is 3.92. The molecule has 0 saturated carbocycles. The normalized spacial score (nSPS) is 15.8. The maximum atomic E-state index is 12.6. The number of nitrogens with one attached hydrogen (secondary N) is 2. The van der Waals surface area contributed by atoms with Crippen LogP contribution in [0.5, 0.6) is 0 Å². The highest BCUT2D eigenvalue weighted by Gasteiger charge is 2.26. The SMILES string of the molecule is CCC(=O)Nc1nnc(S(=O)(=O)Nc2ccc(S(=O)(=O)N3CCOCC3)cc2)s1. The number of hydrogen-bond donors (Lipinski definition) is 2. The van der Waals surface area contributed by atoms with Crippen molar-refractivity contribution in [2.45, 2.75) is 22.6 Å². The van der Waals surface area contributed by atoms with Crippen molar-refractivity contribution in [1.82, 2.24) is 14.5 Å². The summed E-state index contributed by atoms with van der Waals surface area (Å²) in [4.78, 5) is 11.4. The molecule has 3 rings (SSSR count). The summed E-state index contributed by atoms with van der Waals surface area (Å²) in [5, 5.41) is 9.72. The van der Waals surface area contributed by atoms with Gasteiger partial charge in [-0.3, -0.25) is 9.52 Å². The lowest BCUT2D eigenvalue weighted by Gasteiger charge is -2.26. The van der Waals surface area contributed by atoms with E-state index in [1.807, 2.05) is 0 Å². The maximum absolute atomic E-state index is 12.6. The molecule has 1 aromatic carbocycles. The Morgan fingerprint density at radius 2 is 1.79 bits per heavy atom. The van der Waals surface area contributed by atoms with Crippen LogP contribution >= 0.6 is 11.3 Å². The summed E-state index contributed by atoms with van der Waals surface area (Å²) in [7, 11) is -7.71. The van der Waals surface area contributed by atoms with Crippen LogP contribution in [0.1, 0.15) is 13.3 Å². The number of nitrogens with zero attached hydrogens (tertiary/aromatic N) is 3. The molecular weight excluding hydrogens is 442 g/mol. The number of aromatic nitrogens is 2. The molecule has 1 aliphatic heterocycles. The van der Waals surface area contributed by atoms with Crippen LogP contribution in [0.4, 0.5) is 10.8 Å². The molecule has 2 aromatic rings. The molecule has 1 aromatic heterocycles. The van der Waals surface area contributed by atoms with E-state index >= 15 is 0 Å². The Morgan fingerprint density at radius 3 is 2.41 bits per heavy atom. The van der Waals surface area contributed by atoms with E-state index in [0.29, 0.717) is 24.6 Å². The predicted molar refractivity (Wildman–Crippen MR) is 106 cm³/mol. The Morgan fingerprint density at radius 1 is 1.14 bits per heavy atom. The van der Waals surface area contributed by atoms with Crippen LogP contribution in [-0.4, -0.2) is 63.5 Å². The molecule has 0 aliphatic carbocycles. The zero-order valence-electron chi connectivity index (χ0n) is 15.4. The first kappa shape index (κ1) is 21.6. The highest BCUT2D eigenvalue weighted by Crippen LogP contribution is 2.24. The minimum absolute atomic E-state index is 0.0582. The Balaban J connectivity index is 1.72. The lowest BCUT2D eigenvalue weighted by atomic mass is 10.3. The van der Waals surface area contributed by atoms with Gasteiger partial charge in [0.05, 0.1) is 18.1 Å². The molecule has 0 bridgehead atoms. The maximum Gasteiger partial charge on any atom is 0.291 e. The van der Waals surface area contributed by atoms with Gasteiger partial charge in [0.25, 0.3) is 14.4 Å². The number of morpholine rings is 1. The fraction of sp³-hybridized carbons (Fsp3) is 0.400. The lowest BCUT2D eigenvalue weighted by Crippen LogP contribution is -2.40. The van der Waals surface area contributed by atoms with Crippen molar-refractivity contribution in [1.29, 1.82) is 0 Å². The van der Waals surface area contributed by atoms with Crippen LogP contribution in [-0.2, 0) is 29.6 Å². The third kappa shape index (κ3) is 5.08. The van der Waals surface area contributed by atoms with Gasteiger partial charge >= 0.3 is 0 Å². The van der Waals surface area contributed by atoms with Crippen molar-refractivity contribution in [2.75, 3.05) is 36.3 Å². The summed E-state index contributed by atoms with van der Waals surface area (Å²) in [6.45, 7) is 2.85. The van der Waals surface area contributed by atoms with Crippen LogP contribution in [0, 0.1) is 0 Å². The second kappa shape index (κ2) is 8.71. The van der Waals surface area contributed by atoms with E-state index < -0.39 is 20.0 Å². The number of benzene rings is 1. The second-order valence-electron chi connectivity index (χ2n) is 5.92. The third-order valence-corrected chi connectivity index (χ3v) is 8.42. The van der Waals surface area contributed by atoms with Gasteiger partial charge in [-0.25, -0.2) is 8.42 Å². The monoisotopic (exact) mass is 461 g/mol. The Labute approximate surface area is 172 Å². The molecule has 14 heteroatoms. The first-order chi connectivity index (χ1) is 13.7. The average Bonchev–Trinajstić information content (AvgIpc) is 3.18. The number of anilines is 2. The molecule has 0 spiro atoms. The Kier molecular flexibility index (Phi) is 6.48. The molecule has 158 valence electrons. The van der Waals surface area contributed by atoms with Crippen LogP contribution < -0.4 is 10.0 Å². The van der Waals surface area contributed by atoms with E-state index in [9.17, 15) is 21.6 Å². The van der Waals surface area contributed by atoms with Crippen LogP contribution in [0.3, 0.4) is 0 Å². The zero-order chi connectivity index (χ0) is 21.1. The predicted octanol–water partition coefficient (Wildman–Crippen LogP) is 0.708. The van der Waals surface area contributed by atoms with Gasteiger partial charge in [0, 0.05) is 25.2 Å². The van der Waals surface area contributed by atoms with Crippen molar-refractivity contribution >= 4 is 48.1 Å². The van der Waals surface area contributed by atoms with E-state index in [1.165, 1.54) is 28.6 Å². The Hall–Kier alpha value is -2.13. The quantitative estimate of drug-likeness (QED) is 0.573. The fourth-order valence-electron chi connectivity index (χ4n) is 2.41. The average molecular weight is 462 g/mol. The summed E-state index contributed by atoms with van der Waals surface area (Å²) in [6.07, 6.45) is 0.222. The number of ether oxygens (including phenoxy) is 1. The van der Waals surface area contributed by atoms with Gasteiger partial charge in [0.15, 0.2) is 0 Å². The summed E-state index contributed by atoms with van der Waals surface area (Å²) in [5.41, 5.74) is 0.167. The molecule has 0 atom stereocenters. The number of carbonyl (C=O) groups is 1. The van der Waals surface area contributed by atoms with Crippen molar-refractivity contribution in [3.8, 4) is 0 Å². The summed E-state index contributed by atoms with van der Waals surface area (Å²) >= 11 is 0.710. The molecule has 0 unspecified atom stereocenters. The highest BCUT2D eigenvalue weighted by molar-refractivity contribution is 7.94. The molecule has 1 saturated heterocycles. The van der Waals surface area contributed by atoms with Crippen molar-refractivity contribution < 1.29 is 26.4 Å². The number of hydrogen-bond acceptors (Lipinski definition) is 9. The number of rotatable bonds is 7. The van der Waals surface area contributed by atoms with Gasteiger partial charge in [-0.15, -0.1) is 10.2 Å². The minimum atomic E-state index is -4.04. The molecule has 0 radical (unpaired) electrons. The molecule has 1 fully saturated rings. The summed E-state index contributed by atoms with van der Waals surface area (Å²) in [6, 6.07) is 5.36. The first-order valence-electron chi connectivity index (χ1n) is 8.56. The van der Waals surface area contributed by atoms with E-state index in [2.05, 4.69) is 20.2 Å². The van der Waals surface area contributed by atoms with Gasteiger partial charge in [0.1, 0.15) is 0 Å². The van der Waals surface area contributed by atoms with Gasteiger partial charge < -0.3 is 10.1 Å². The van der Waals surface area contributed by atoms with Crippen molar-refractivity contribution in [2.24, 2.45) is 0 Å². The van der Waals surface area contributed by atoms with Gasteiger partial charge in [-0.05, 0) is 24.3 Å². The van der Waals surface area contributed by atoms with Gasteiger partial charge in [-0.1, -0.05) is 18.3 Å². The number of sulfonamides is 2. The summed E-state index contributed by atoms with van der Waals surface area (Å²) in [5.74, 6) is -0.310. The first-order valence-corrected chi connectivity index (χ1v) is 12.3. The second-order valence-corrected chi connectivity index (χ2v) is 10.7. The fourth-order valence-corrected chi connectivity index (χ4v) is 5.79. The van der Waals surface area contributed by atoms with E-state index in [0.717, 1.165) is 0 Å². The van der Waals surface area contributed by atoms with Crippen LogP contribution in [0.2, 0.25) is 0 Å². The molecule has 29 heavy (non-hydrogen) atoms. The standard InChI is InChI=1S/C15H19N5O6S3/c1-2-13(21)16-14-17-18-15(27-14)28(22,23)19-11-3-5-12(6-4-11)29(24,25)20-7-9-26-10-8-20/h3-6,19H,2,7-10H2,1H3,(H,16,17,21). The van der Waals surface area contributed by atoms with E-state index in [-0.39, 0.29) is 45.5 Å². The van der Waals surface area contributed by atoms with E-state index in [1.54, 1.807) is 6.92 Å². The molecule has 1 aliphatic rings. The van der Waals surface area contributed by atoms with Gasteiger partial charge in [0.2, 0.25) is 21.1 Å². The number of amides is 1. The van der Waals surface area contributed by atoms with Crippen molar-refractivity contribution in [3.63, 3.8) is 0 Å². The highest BCUT2D eigenvalue weighted by atomic mass is 32.2. The zero-order valence-corrected chi connectivity index (χ0v) is 17.8. The minimum Gasteiger partial charge on any atom is -0.379 e. The van der Waals surface area contributed by atoms with Gasteiger partial charge in [-0.2, -0.15) is 12.7 Å². The molecule has 1 amide bonds. The van der Waals surface area contributed by atoms with Crippen LogP contribution in [0.25, 0.3) is 0 Å². The molecular formula is C15H19N5O6S3.